The van der Waals surface area contributed by atoms with Gasteiger partial charge >= 0.3 is 0 Å². The molecule has 0 radical (unpaired) electrons. The molecule has 48 heavy (non-hydrogen) atoms. The van der Waals surface area contributed by atoms with Crippen molar-refractivity contribution in [2.75, 3.05) is 0 Å². The highest BCUT2D eigenvalue weighted by Gasteiger charge is 2.35. The summed E-state index contributed by atoms with van der Waals surface area (Å²) < 4.78 is 15.9. The highest BCUT2D eigenvalue weighted by Crippen LogP contribution is 2.51. The topological polar surface area (TPSA) is 30.7 Å². The van der Waals surface area contributed by atoms with Crippen molar-refractivity contribution in [3.05, 3.63) is 139 Å². The van der Waals surface area contributed by atoms with E-state index in [-0.39, 0.29) is 5.41 Å². The van der Waals surface area contributed by atoms with E-state index in [1.807, 2.05) is 12.1 Å². The van der Waals surface area contributed by atoms with Crippen LogP contribution in [0.2, 0.25) is 0 Å². The summed E-state index contributed by atoms with van der Waals surface area (Å²) in [5.41, 5.74) is 14.9. The van der Waals surface area contributed by atoms with Crippen molar-refractivity contribution in [2.24, 2.45) is 0 Å². The Kier molecular flexibility index (Phi) is 4.31. The molecule has 0 aliphatic heterocycles. The molecule has 0 bridgehead atoms. The first-order valence-corrected chi connectivity index (χ1v) is 16.7. The molecule has 1 aliphatic carbocycles. The zero-order chi connectivity index (χ0) is 31.5. The van der Waals surface area contributed by atoms with Crippen molar-refractivity contribution in [1.29, 1.82) is 0 Å². The summed E-state index contributed by atoms with van der Waals surface area (Å²) in [6.45, 7) is 4.68. The van der Waals surface area contributed by atoms with Crippen LogP contribution in [-0.4, -0.2) is 4.40 Å². The van der Waals surface area contributed by atoms with E-state index in [0.717, 1.165) is 54.9 Å². The van der Waals surface area contributed by atoms with Gasteiger partial charge in [0, 0.05) is 48.5 Å². The van der Waals surface area contributed by atoms with Crippen molar-refractivity contribution in [1.82, 2.24) is 4.40 Å². The van der Waals surface area contributed by atoms with Gasteiger partial charge in [0.15, 0.2) is 11.2 Å². The van der Waals surface area contributed by atoms with Gasteiger partial charge in [0.25, 0.3) is 0 Å². The average Bonchev–Trinajstić information content (AvgIpc) is 3.90. The Bertz CT molecular complexity index is 3040. The largest absolute Gasteiger partial charge is 0.454 e. The van der Waals surface area contributed by atoms with Gasteiger partial charge in [0.1, 0.15) is 11.2 Å². The fourth-order valence-electron chi connectivity index (χ4n) is 9.12. The highest BCUT2D eigenvalue weighted by molar-refractivity contribution is 6.32. The van der Waals surface area contributed by atoms with Crippen LogP contribution < -0.4 is 0 Å². The van der Waals surface area contributed by atoms with Crippen LogP contribution in [0.5, 0.6) is 0 Å². The number of para-hydroxylation sites is 2. The molecule has 1 aliphatic rings. The lowest BCUT2D eigenvalue weighted by molar-refractivity contribution is 0.660. The van der Waals surface area contributed by atoms with Gasteiger partial charge in [-0.3, -0.25) is 0 Å². The van der Waals surface area contributed by atoms with E-state index in [2.05, 4.69) is 134 Å². The maximum absolute atomic E-state index is 6.71. The molecule has 224 valence electrons. The monoisotopic (exact) mass is 613 g/mol. The van der Waals surface area contributed by atoms with Crippen LogP contribution in [0.15, 0.2) is 136 Å². The maximum Gasteiger partial charge on any atom is 0.160 e. The minimum atomic E-state index is -0.0231. The molecule has 7 aromatic carbocycles. The Morgan fingerprint density at radius 3 is 1.60 bits per heavy atom. The zero-order valence-electron chi connectivity index (χ0n) is 26.4. The summed E-state index contributed by atoms with van der Waals surface area (Å²) in [6.07, 6.45) is 0. The Labute approximate surface area is 274 Å². The third kappa shape index (κ3) is 2.84. The predicted octanol–water partition coefficient (Wildman–Crippen LogP) is 12.6. The first-order chi connectivity index (χ1) is 23.6. The molecule has 0 amide bonds. The van der Waals surface area contributed by atoms with Crippen LogP contribution in [0.1, 0.15) is 25.0 Å². The maximum atomic E-state index is 6.71. The van der Waals surface area contributed by atoms with Gasteiger partial charge in [-0.05, 0) is 75.8 Å². The van der Waals surface area contributed by atoms with Gasteiger partial charge in [-0.25, -0.2) is 0 Å². The lowest BCUT2D eigenvalue weighted by atomic mass is 9.82. The van der Waals surface area contributed by atoms with Gasteiger partial charge < -0.3 is 13.2 Å². The van der Waals surface area contributed by atoms with E-state index in [0.29, 0.717) is 0 Å². The third-order valence-corrected chi connectivity index (χ3v) is 11.3. The molecular formula is C45H27NO2. The normalized spacial score (nSPS) is 14.2. The van der Waals surface area contributed by atoms with Crippen LogP contribution in [0.25, 0.3) is 104 Å². The molecule has 11 aromatic rings. The van der Waals surface area contributed by atoms with Gasteiger partial charge in [0.05, 0.1) is 16.6 Å². The van der Waals surface area contributed by atoms with Crippen LogP contribution in [0.3, 0.4) is 0 Å². The number of hydrogen-bond acceptors (Lipinski definition) is 2. The van der Waals surface area contributed by atoms with Crippen molar-refractivity contribution in [2.45, 2.75) is 19.3 Å². The van der Waals surface area contributed by atoms with Gasteiger partial charge in [-0.1, -0.05) is 98.8 Å². The fraction of sp³-hybridized carbons (Fsp3) is 0.0667. The quantitative estimate of drug-likeness (QED) is 0.184. The van der Waals surface area contributed by atoms with E-state index in [4.69, 9.17) is 8.83 Å². The molecule has 0 spiro atoms. The van der Waals surface area contributed by atoms with Crippen LogP contribution in [-0.2, 0) is 5.41 Å². The highest BCUT2D eigenvalue weighted by atomic mass is 16.3. The third-order valence-electron chi connectivity index (χ3n) is 11.3. The first kappa shape index (κ1) is 25.1. The number of nitrogens with zero attached hydrogens (tertiary/aromatic N) is 1. The van der Waals surface area contributed by atoms with Crippen LogP contribution in [0.4, 0.5) is 0 Å². The number of fused-ring (bicyclic) bond motifs is 17. The number of rotatable bonds is 1. The Morgan fingerprint density at radius 2 is 0.958 bits per heavy atom. The van der Waals surface area contributed by atoms with Crippen LogP contribution in [0, 0.1) is 0 Å². The fourth-order valence-corrected chi connectivity index (χ4v) is 9.12. The molecule has 0 unspecified atom stereocenters. The second-order valence-corrected chi connectivity index (χ2v) is 14.1. The molecule has 0 saturated heterocycles. The average molecular weight is 614 g/mol. The van der Waals surface area contributed by atoms with Gasteiger partial charge in [-0.2, -0.15) is 0 Å². The summed E-state index contributed by atoms with van der Waals surface area (Å²) in [5, 5.41) is 9.35. The Hall–Kier alpha value is -6.06. The number of benzene rings is 7. The van der Waals surface area contributed by atoms with E-state index in [1.165, 1.54) is 60.4 Å². The van der Waals surface area contributed by atoms with E-state index in [9.17, 15) is 0 Å². The molecule has 3 heteroatoms. The Morgan fingerprint density at radius 1 is 0.417 bits per heavy atom. The molecule has 4 aromatic heterocycles. The number of aromatic nitrogens is 1. The van der Waals surface area contributed by atoms with Crippen molar-refractivity contribution >= 4 is 82.0 Å². The summed E-state index contributed by atoms with van der Waals surface area (Å²) >= 11 is 0. The molecule has 0 atom stereocenters. The number of furan rings is 2. The van der Waals surface area contributed by atoms with Gasteiger partial charge in [0.2, 0.25) is 0 Å². The summed E-state index contributed by atoms with van der Waals surface area (Å²) in [7, 11) is 0. The zero-order valence-corrected chi connectivity index (χ0v) is 26.4. The molecule has 0 fully saturated rings. The van der Waals surface area contributed by atoms with Crippen LogP contribution >= 0.6 is 0 Å². The SMILES string of the molecule is CC1(C)c2ccccc2-c2cc(-c3cc4c5ccc6c7ccccc7oc6c5n5c4c(c3)c3ccc4c6ccccc6oc4c35)ccc21. The molecule has 3 nitrogen and oxygen atoms in total. The van der Waals surface area contributed by atoms with E-state index >= 15 is 0 Å². The lowest BCUT2D eigenvalue weighted by Crippen LogP contribution is -2.14. The van der Waals surface area contributed by atoms with Gasteiger partial charge in [-0.15, -0.1) is 0 Å². The molecule has 12 rings (SSSR count). The smallest absolute Gasteiger partial charge is 0.160 e. The summed E-state index contributed by atoms with van der Waals surface area (Å²) in [6, 6.07) is 46.5. The first-order valence-electron chi connectivity index (χ1n) is 16.7. The molecule has 4 heterocycles. The Balaban J connectivity index is 1.26. The lowest BCUT2D eigenvalue weighted by Gasteiger charge is -2.21. The summed E-state index contributed by atoms with van der Waals surface area (Å²) in [4.78, 5) is 0. The van der Waals surface area contributed by atoms with Crippen molar-refractivity contribution in [3.8, 4) is 22.3 Å². The predicted molar refractivity (Wildman–Crippen MR) is 199 cm³/mol. The second-order valence-electron chi connectivity index (χ2n) is 14.1. The van der Waals surface area contributed by atoms with E-state index < -0.39 is 0 Å². The molecule has 0 N–H and O–H groups in total. The second kappa shape index (κ2) is 8.26. The van der Waals surface area contributed by atoms with E-state index in [1.54, 1.807) is 0 Å². The van der Waals surface area contributed by atoms with Crippen molar-refractivity contribution < 1.29 is 8.83 Å². The minimum Gasteiger partial charge on any atom is -0.454 e. The number of hydrogen-bond donors (Lipinski definition) is 0. The molecular weight excluding hydrogens is 587 g/mol. The van der Waals surface area contributed by atoms with Crippen molar-refractivity contribution in [3.63, 3.8) is 0 Å². The minimum absolute atomic E-state index is 0.0231. The molecule has 0 saturated carbocycles. The summed E-state index contributed by atoms with van der Waals surface area (Å²) in [5.74, 6) is 0. The standard InChI is InChI=1S/C45H27NO2/c1-45(2)36-12-6-3-9-26(36)33-21-24(15-20-37(33)45)25-22-34-29-16-18-31-27-10-4-7-13-38(27)47-43(31)41(29)46-40(34)35(23-25)30-17-19-32-28-11-5-8-14-39(28)48-44(32)42(30)46/h3-23H,1-2H3.